The van der Waals surface area contributed by atoms with Gasteiger partial charge < -0.3 is 10.3 Å². The van der Waals surface area contributed by atoms with E-state index in [0.717, 1.165) is 5.69 Å². The molecule has 0 spiro atoms. The standard InChI is InChI=1S/C9H12N4O3S2/c1-5-4-17-7(12-5)3-11-18(14,15)8-6(2)16-13-9(8)10/h4,11H,3H2,1-2H3,(H2,10,13). The molecule has 0 saturated heterocycles. The lowest BCUT2D eigenvalue weighted by Gasteiger charge is -2.03. The average Bonchev–Trinajstić information content (AvgIpc) is 2.83. The van der Waals surface area contributed by atoms with Gasteiger partial charge in [-0.25, -0.2) is 18.1 Å². The Morgan fingerprint density at radius 3 is 2.72 bits per heavy atom. The van der Waals surface area contributed by atoms with Gasteiger partial charge in [0, 0.05) is 11.1 Å². The highest BCUT2D eigenvalue weighted by Crippen LogP contribution is 2.21. The third-order valence-electron chi connectivity index (χ3n) is 2.18. The van der Waals surface area contributed by atoms with Crippen LogP contribution in [0.3, 0.4) is 0 Å². The van der Waals surface area contributed by atoms with Gasteiger partial charge in [0.05, 0.1) is 6.54 Å². The average molecular weight is 288 g/mol. The fourth-order valence-corrected chi connectivity index (χ4v) is 3.42. The molecule has 2 aromatic heterocycles. The second-order valence-electron chi connectivity index (χ2n) is 3.66. The molecule has 18 heavy (non-hydrogen) atoms. The van der Waals surface area contributed by atoms with Crippen LogP contribution >= 0.6 is 11.3 Å². The van der Waals surface area contributed by atoms with Gasteiger partial charge in [-0.3, -0.25) is 0 Å². The fraction of sp³-hybridized carbons (Fsp3) is 0.333. The normalized spacial score (nSPS) is 11.9. The first-order valence-corrected chi connectivity index (χ1v) is 7.39. The van der Waals surface area contributed by atoms with Gasteiger partial charge in [0.15, 0.2) is 16.5 Å². The van der Waals surface area contributed by atoms with Crippen molar-refractivity contribution in [3.63, 3.8) is 0 Å². The van der Waals surface area contributed by atoms with Gasteiger partial charge in [0.1, 0.15) is 5.01 Å². The number of nitrogens with one attached hydrogen (secondary N) is 1. The van der Waals surface area contributed by atoms with Gasteiger partial charge in [0.2, 0.25) is 10.0 Å². The maximum absolute atomic E-state index is 12.0. The molecule has 3 N–H and O–H groups in total. The van der Waals surface area contributed by atoms with Crippen LogP contribution in [0.1, 0.15) is 16.5 Å². The number of nitrogens with two attached hydrogens (primary N) is 1. The fourth-order valence-electron chi connectivity index (χ4n) is 1.42. The molecule has 2 heterocycles. The number of aryl methyl sites for hydroxylation is 2. The molecule has 2 rings (SSSR count). The topological polar surface area (TPSA) is 111 Å². The molecular weight excluding hydrogens is 276 g/mol. The summed E-state index contributed by atoms with van der Waals surface area (Å²) in [5.41, 5.74) is 6.32. The lowest BCUT2D eigenvalue weighted by atomic mass is 10.5. The van der Waals surface area contributed by atoms with Crippen molar-refractivity contribution in [3.05, 3.63) is 21.8 Å². The van der Waals surface area contributed by atoms with Crippen molar-refractivity contribution in [1.82, 2.24) is 14.9 Å². The van der Waals surface area contributed by atoms with Crippen LogP contribution in [0.25, 0.3) is 0 Å². The van der Waals surface area contributed by atoms with Crippen molar-refractivity contribution in [2.45, 2.75) is 25.3 Å². The minimum absolute atomic E-state index is 0.115. The molecule has 0 aliphatic rings. The van der Waals surface area contributed by atoms with Crippen LogP contribution in [0.5, 0.6) is 0 Å². The summed E-state index contributed by atoms with van der Waals surface area (Å²) in [7, 11) is -3.73. The second-order valence-corrected chi connectivity index (χ2v) is 6.31. The van der Waals surface area contributed by atoms with Crippen molar-refractivity contribution < 1.29 is 12.9 Å². The van der Waals surface area contributed by atoms with Crippen LogP contribution in [-0.2, 0) is 16.6 Å². The molecule has 0 radical (unpaired) electrons. The van der Waals surface area contributed by atoms with Crippen LogP contribution in [0, 0.1) is 13.8 Å². The molecule has 0 aliphatic carbocycles. The zero-order valence-electron chi connectivity index (χ0n) is 9.80. The summed E-state index contributed by atoms with van der Waals surface area (Å²) < 4.78 is 31.1. The van der Waals surface area contributed by atoms with E-state index in [2.05, 4.69) is 14.9 Å². The van der Waals surface area contributed by atoms with Crippen LogP contribution in [-0.4, -0.2) is 18.6 Å². The maximum Gasteiger partial charge on any atom is 0.248 e. The monoisotopic (exact) mass is 288 g/mol. The summed E-state index contributed by atoms with van der Waals surface area (Å²) >= 11 is 1.39. The van der Waals surface area contributed by atoms with Gasteiger partial charge in [-0.2, -0.15) is 0 Å². The summed E-state index contributed by atoms with van der Waals surface area (Å²) in [6.07, 6.45) is 0. The van der Waals surface area contributed by atoms with Crippen molar-refractivity contribution in [1.29, 1.82) is 0 Å². The maximum atomic E-state index is 12.0. The Kier molecular flexibility index (Phi) is 3.37. The van der Waals surface area contributed by atoms with E-state index in [1.807, 2.05) is 12.3 Å². The molecule has 0 bridgehead atoms. The molecule has 0 amide bonds. The zero-order chi connectivity index (χ0) is 13.3. The molecule has 0 aromatic carbocycles. The van der Waals surface area contributed by atoms with Gasteiger partial charge >= 0.3 is 0 Å². The van der Waals surface area contributed by atoms with Crippen LogP contribution < -0.4 is 10.5 Å². The molecule has 0 atom stereocenters. The van der Waals surface area contributed by atoms with Crippen LogP contribution in [0.4, 0.5) is 5.82 Å². The molecule has 7 nitrogen and oxygen atoms in total. The predicted octanol–water partition coefficient (Wildman–Crippen LogP) is 0.809. The smallest absolute Gasteiger partial charge is 0.248 e. The Balaban J connectivity index is 2.18. The number of anilines is 1. The van der Waals surface area contributed by atoms with E-state index in [0.29, 0.717) is 5.01 Å². The highest BCUT2D eigenvalue weighted by molar-refractivity contribution is 7.89. The van der Waals surface area contributed by atoms with E-state index in [4.69, 9.17) is 10.3 Å². The predicted molar refractivity (Wildman–Crippen MR) is 66.5 cm³/mol. The number of rotatable bonds is 4. The number of hydrogen-bond donors (Lipinski definition) is 2. The summed E-state index contributed by atoms with van der Waals surface area (Å²) in [5.74, 6) is 0.0191. The van der Waals surface area contributed by atoms with E-state index in [9.17, 15) is 8.42 Å². The Hall–Kier alpha value is -1.45. The summed E-state index contributed by atoms with van der Waals surface area (Å²) in [6.45, 7) is 3.45. The molecule has 98 valence electrons. The molecular formula is C9H12N4O3S2. The first-order valence-electron chi connectivity index (χ1n) is 5.02. The van der Waals surface area contributed by atoms with Crippen LogP contribution in [0.15, 0.2) is 14.8 Å². The van der Waals surface area contributed by atoms with E-state index in [-0.39, 0.29) is 23.0 Å². The molecule has 0 saturated carbocycles. The van der Waals surface area contributed by atoms with E-state index < -0.39 is 10.0 Å². The zero-order valence-corrected chi connectivity index (χ0v) is 11.4. The molecule has 0 fully saturated rings. The Labute approximate surface area is 108 Å². The number of thiazole rings is 1. The Bertz CT molecular complexity index is 640. The highest BCUT2D eigenvalue weighted by atomic mass is 32.2. The Morgan fingerprint density at radius 2 is 2.22 bits per heavy atom. The van der Waals surface area contributed by atoms with Crippen LogP contribution in [0.2, 0.25) is 0 Å². The van der Waals surface area contributed by atoms with Gasteiger partial charge in [0.25, 0.3) is 0 Å². The van der Waals surface area contributed by atoms with E-state index in [1.165, 1.54) is 18.3 Å². The molecule has 0 aliphatic heterocycles. The largest absolute Gasteiger partial charge is 0.380 e. The second kappa shape index (κ2) is 4.67. The molecule has 9 heteroatoms. The van der Waals surface area contributed by atoms with Gasteiger partial charge in [-0.1, -0.05) is 5.16 Å². The number of sulfonamides is 1. The number of nitrogens with zero attached hydrogens (tertiary/aromatic N) is 2. The van der Waals surface area contributed by atoms with Crippen molar-refractivity contribution in [2.75, 3.05) is 5.73 Å². The first-order chi connectivity index (χ1) is 8.40. The molecule has 2 aromatic rings. The number of aromatic nitrogens is 2. The van der Waals surface area contributed by atoms with Crippen molar-refractivity contribution in [2.24, 2.45) is 0 Å². The van der Waals surface area contributed by atoms with Gasteiger partial charge in [-0.05, 0) is 13.8 Å². The number of nitrogen functional groups attached to an aromatic ring is 1. The SMILES string of the molecule is Cc1csc(CNS(=O)(=O)c2c(N)noc2C)n1. The molecule has 0 unspecified atom stereocenters. The summed E-state index contributed by atoms with van der Waals surface area (Å²) in [4.78, 5) is 4.05. The van der Waals surface area contributed by atoms with E-state index in [1.54, 1.807) is 0 Å². The lowest BCUT2D eigenvalue weighted by molar-refractivity contribution is 0.396. The van der Waals surface area contributed by atoms with Gasteiger partial charge in [-0.15, -0.1) is 11.3 Å². The van der Waals surface area contributed by atoms with Crippen molar-refractivity contribution in [3.8, 4) is 0 Å². The minimum atomic E-state index is -3.73. The highest BCUT2D eigenvalue weighted by Gasteiger charge is 2.24. The quantitative estimate of drug-likeness (QED) is 0.861. The minimum Gasteiger partial charge on any atom is -0.380 e. The third-order valence-corrected chi connectivity index (χ3v) is 4.71. The third kappa shape index (κ3) is 2.52. The van der Waals surface area contributed by atoms with E-state index >= 15 is 0 Å². The lowest BCUT2D eigenvalue weighted by Crippen LogP contribution is -2.24. The summed E-state index contributed by atoms with van der Waals surface area (Å²) in [5, 5.41) is 5.95. The number of hydrogen-bond acceptors (Lipinski definition) is 7. The van der Waals surface area contributed by atoms with Crippen molar-refractivity contribution >= 4 is 27.2 Å². The first kappa shape index (κ1) is 13.0. The summed E-state index contributed by atoms with van der Waals surface area (Å²) in [6, 6.07) is 0. The Morgan fingerprint density at radius 1 is 1.50 bits per heavy atom.